The van der Waals surface area contributed by atoms with Crippen molar-refractivity contribution in [3.05, 3.63) is 45.1 Å². The van der Waals surface area contributed by atoms with Crippen LogP contribution in [0, 0.1) is 61.5 Å². The van der Waals surface area contributed by atoms with Crippen LogP contribution in [0.4, 0.5) is 0 Å². The Labute approximate surface area is 217 Å². The van der Waals surface area contributed by atoms with Crippen LogP contribution in [-0.4, -0.2) is 32.3 Å². The van der Waals surface area contributed by atoms with Crippen molar-refractivity contribution < 1.29 is 50.8 Å². The average Bonchev–Trinajstić information content (AvgIpc) is 3.06. The number of rotatable bonds is 4. The van der Waals surface area contributed by atoms with E-state index in [-0.39, 0.29) is 50.8 Å². The van der Waals surface area contributed by atoms with Crippen LogP contribution in [0.5, 0.6) is 0 Å². The molecule has 2 aliphatic rings. The summed E-state index contributed by atoms with van der Waals surface area (Å²) in [5.41, 5.74) is 0. The summed E-state index contributed by atoms with van der Waals surface area (Å²) < 4.78 is 0. The summed E-state index contributed by atoms with van der Waals surface area (Å²) in [5.74, 6) is 0. The fraction of sp³-hybridized carbons (Fsp3) is 0.636. The van der Waals surface area contributed by atoms with Gasteiger partial charge in [0.25, 0.3) is 0 Å². The fourth-order valence-electron chi connectivity index (χ4n) is 3.61. The van der Waals surface area contributed by atoms with Gasteiger partial charge in [-0.15, -0.1) is 12.8 Å². The predicted octanol–water partition coefficient (Wildman–Crippen LogP) is 7.71. The van der Waals surface area contributed by atoms with E-state index in [9.17, 15) is 0 Å². The zero-order valence-electron chi connectivity index (χ0n) is 20.9. The largest absolute Gasteiger partial charge is 2.00 e. The molecule has 0 aromatic rings. The van der Waals surface area contributed by atoms with Gasteiger partial charge in [-0.05, 0) is 16.1 Å². The van der Waals surface area contributed by atoms with Crippen LogP contribution in [-0.2, 0) is 0 Å². The molecule has 0 saturated heterocycles. The summed E-state index contributed by atoms with van der Waals surface area (Å²) in [5, 5.41) is 6.61. The Hall–Kier alpha value is 1.41. The van der Waals surface area contributed by atoms with Gasteiger partial charge in [-0.2, -0.15) is 12.2 Å². The molecule has 0 atom stereocenters. The van der Waals surface area contributed by atoms with E-state index in [4.69, 9.17) is 0 Å². The van der Waals surface area contributed by atoms with Gasteiger partial charge in [0.2, 0.25) is 0 Å². The van der Waals surface area contributed by atoms with Gasteiger partial charge in [0, 0.05) is 16.1 Å². The molecule has 0 spiro atoms. The predicted molar refractivity (Wildman–Crippen MR) is 133 cm³/mol. The van der Waals surface area contributed by atoms with E-state index in [1.165, 1.54) is 0 Å². The molecule has 0 bridgehead atoms. The first-order chi connectivity index (χ1) is 11.5. The molecule has 0 aromatic heterocycles. The minimum Gasteiger partial charge on any atom is -1.00 e. The van der Waals surface area contributed by atoms with Gasteiger partial charge in [0.15, 0.2) is 0 Å². The van der Waals surface area contributed by atoms with Crippen LogP contribution in [0.1, 0.15) is 14.3 Å². The molecule has 2 aliphatic carbocycles. The molecule has 0 unspecified atom stereocenters. The molecule has 0 aromatic carbocycles. The summed E-state index contributed by atoms with van der Waals surface area (Å²) in [6.07, 6.45) is 14.1. The van der Waals surface area contributed by atoms with E-state index in [1.807, 2.05) is 0 Å². The minimum atomic E-state index is -1.13. The first-order valence-electron chi connectivity index (χ1n) is 10.1. The molecular weight excluding hydrogens is 529 g/mol. The average molecular weight is 572 g/mol. The minimum absolute atomic E-state index is 0. The molecule has 5 heteroatoms. The second-order valence-electron chi connectivity index (χ2n) is 11.7. The van der Waals surface area contributed by atoms with Crippen molar-refractivity contribution in [1.29, 1.82) is 0 Å². The van der Waals surface area contributed by atoms with E-state index in [1.54, 1.807) is 20.8 Å². The molecule has 0 amide bonds. The molecule has 0 heterocycles. The Kier molecular flexibility index (Phi) is 10.7. The van der Waals surface area contributed by atoms with Crippen molar-refractivity contribution in [3.63, 3.8) is 0 Å². The molecule has 1 radical (unpaired) electrons. The summed E-state index contributed by atoms with van der Waals surface area (Å²) in [4.78, 5) is 0. The van der Waals surface area contributed by atoms with E-state index in [2.05, 4.69) is 103 Å². The third-order valence-corrected chi connectivity index (χ3v) is 13.4. The van der Waals surface area contributed by atoms with E-state index < -0.39 is 32.3 Å². The second kappa shape index (κ2) is 10.1. The van der Waals surface area contributed by atoms with Crippen molar-refractivity contribution in [2.75, 3.05) is 0 Å². The van der Waals surface area contributed by atoms with E-state index in [0.29, 0.717) is 0 Å². The van der Waals surface area contributed by atoms with Crippen molar-refractivity contribution in [1.82, 2.24) is 0 Å². The first kappa shape index (κ1) is 28.4. The first-order valence-corrected chi connectivity index (χ1v) is 24.1. The molecule has 0 nitrogen and oxygen atoms in total. The van der Waals surface area contributed by atoms with E-state index in [0.717, 1.165) is 12.8 Å². The molecule has 2 rings (SSSR count). The van der Waals surface area contributed by atoms with Crippen molar-refractivity contribution in [2.24, 2.45) is 0 Å². The molecule has 0 fully saturated rings. The van der Waals surface area contributed by atoms with Crippen LogP contribution in [0.2, 0.25) is 78.6 Å². The van der Waals surface area contributed by atoms with Gasteiger partial charge in [-0.3, -0.25) is 12.2 Å². The van der Waals surface area contributed by atoms with Gasteiger partial charge in [0.05, 0.1) is 0 Å². The standard InChI is InChI=1S/2C11H21Si2.Eu.H/c2*1-12(2,3)10-8-7-9-11(10)13(4,5)6;;/h2*8H,7H2,1-6H3;;/q2*-1;+2;-1. The molecule has 27 heavy (non-hydrogen) atoms. The monoisotopic (exact) mass is 572 g/mol. The van der Waals surface area contributed by atoms with Gasteiger partial charge >= 0.3 is 49.4 Å². The van der Waals surface area contributed by atoms with Crippen molar-refractivity contribution in [2.45, 2.75) is 91.4 Å². The maximum absolute atomic E-state index is 3.57. The van der Waals surface area contributed by atoms with Crippen LogP contribution in [0.15, 0.2) is 32.9 Å². The smallest absolute Gasteiger partial charge is 1.00 e. The maximum Gasteiger partial charge on any atom is 2.00 e. The number of allylic oxidation sites excluding steroid dienone is 8. The van der Waals surface area contributed by atoms with Crippen molar-refractivity contribution in [3.8, 4) is 0 Å². The summed E-state index contributed by atoms with van der Waals surface area (Å²) in [6.45, 7) is 29.2. The van der Waals surface area contributed by atoms with Gasteiger partial charge < -0.3 is 1.43 Å². The molecule has 0 saturated carbocycles. The summed E-state index contributed by atoms with van der Waals surface area (Å²) in [6, 6.07) is 0. The van der Waals surface area contributed by atoms with Crippen molar-refractivity contribution >= 4 is 32.3 Å². The third kappa shape index (κ3) is 8.58. The topological polar surface area (TPSA) is 0 Å². The summed E-state index contributed by atoms with van der Waals surface area (Å²) >= 11 is 0. The quantitative estimate of drug-likeness (QED) is 0.239. The Bertz CT molecular complexity index is 532. The van der Waals surface area contributed by atoms with Gasteiger partial charge in [0.1, 0.15) is 0 Å². The number of hydrogen-bond acceptors (Lipinski definition) is 0. The molecule has 155 valence electrons. The Balaban J connectivity index is 0. The molecule has 0 N–H and O–H groups in total. The Morgan fingerprint density at radius 2 is 0.815 bits per heavy atom. The van der Waals surface area contributed by atoms with E-state index >= 15 is 0 Å². The van der Waals surface area contributed by atoms with Crippen LogP contribution in [0.3, 0.4) is 0 Å². The fourth-order valence-corrected chi connectivity index (χ4v) is 14.3. The summed E-state index contributed by atoms with van der Waals surface area (Å²) in [7, 11) is -4.45. The molecular formula is C22H43EuSi4-. The van der Waals surface area contributed by atoms with Crippen LogP contribution >= 0.6 is 0 Å². The van der Waals surface area contributed by atoms with Crippen LogP contribution < -0.4 is 0 Å². The number of hydrogen-bond donors (Lipinski definition) is 0. The maximum atomic E-state index is 3.57. The van der Waals surface area contributed by atoms with Gasteiger partial charge in [-0.1, -0.05) is 78.6 Å². The van der Waals surface area contributed by atoms with Crippen LogP contribution in [0.25, 0.3) is 0 Å². The SMILES string of the molecule is C[Si](C)(C)C1=[C-]CC=C1[Si](C)(C)C.C[Si](C)(C)C1=[C-]CC=C1[Si](C)(C)C.[Eu+2].[H-]. The van der Waals surface area contributed by atoms with Gasteiger partial charge in [-0.25, -0.2) is 20.8 Å². The normalized spacial score (nSPS) is 17.9. The Morgan fingerprint density at radius 3 is 0.963 bits per heavy atom. The second-order valence-corrected chi connectivity index (χ2v) is 31.8. The Morgan fingerprint density at radius 1 is 0.556 bits per heavy atom. The third-order valence-electron chi connectivity index (χ3n) is 4.82. The zero-order chi connectivity index (χ0) is 20.6. The molecule has 0 aliphatic heterocycles. The zero-order valence-corrected chi connectivity index (χ0v) is 26.4.